The maximum Gasteiger partial charge on any atom is 0.253 e. The van der Waals surface area contributed by atoms with Crippen molar-refractivity contribution in [3.05, 3.63) is 30.1 Å². The zero-order chi connectivity index (χ0) is 18.5. The molecule has 1 aromatic carbocycles. The molecule has 1 spiro atoms. The molecule has 4 rings (SSSR count). The van der Waals surface area contributed by atoms with Crippen molar-refractivity contribution in [1.29, 1.82) is 0 Å². The first-order valence-electron chi connectivity index (χ1n) is 9.07. The molecule has 3 heterocycles. The van der Waals surface area contributed by atoms with E-state index in [0.29, 0.717) is 44.5 Å². The molecule has 140 valence electrons. The highest BCUT2D eigenvalue weighted by Crippen LogP contribution is 2.40. The van der Waals surface area contributed by atoms with E-state index in [-0.39, 0.29) is 5.91 Å². The molecular formula is C19H25N3O4. The van der Waals surface area contributed by atoms with Crippen LogP contribution >= 0.6 is 0 Å². The van der Waals surface area contributed by atoms with Crippen molar-refractivity contribution in [2.45, 2.75) is 43.5 Å². The molecule has 2 atom stereocenters. The van der Waals surface area contributed by atoms with Gasteiger partial charge in [0.2, 0.25) is 0 Å². The van der Waals surface area contributed by atoms with Crippen LogP contribution in [0.4, 0.5) is 0 Å². The van der Waals surface area contributed by atoms with Gasteiger partial charge in [-0.2, -0.15) is 0 Å². The molecule has 7 nitrogen and oxygen atoms in total. The van der Waals surface area contributed by atoms with Gasteiger partial charge in [0, 0.05) is 32.1 Å². The van der Waals surface area contributed by atoms with E-state index in [4.69, 9.17) is 4.74 Å². The van der Waals surface area contributed by atoms with E-state index >= 15 is 0 Å². The summed E-state index contributed by atoms with van der Waals surface area (Å²) in [5.74, 6) is -0.0375. The number of ether oxygens (including phenoxy) is 1. The number of piperidine rings is 1. The maximum atomic E-state index is 12.9. The Kier molecular flexibility index (Phi) is 4.06. The zero-order valence-corrected chi connectivity index (χ0v) is 15.2. The lowest BCUT2D eigenvalue weighted by Crippen LogP contribution is -2.64. The smallest absolute Gasteiger partial charge is 0.253 e. The Morgan fingerprint density at radius 2 is 2.04 bits per heavy atom. The average molecular weight is 359 g/mol. The number of fused-ring (bicyclic) bond motifs is 1. The van der Waals surface area contributed by atoms with Crippen molar-refractivity contribution < 1.29 is 19.7 Å². The summed E-state index contributed by atoms with van der Waals surface area (Å²) in [7, 11) is 1.92. The molecule has 2 saturated heterocycles. The Hall–Kier alpha value is -1.96. The van der Waals surface area contributed by atoms with Gasteiger partial charge < -0.3 is 24.4 Å². The number of imidazole rings is 1. The number of rotatable bonds is 1. The number of aryl methyl sites for hydroxylation is 1. The van der Waals surface area contributed by atoms with Gasteiger partial charge >= 0.3 is 0 Å². The highest BCUT2D eigenvalue weighted by atomic mass is 16.5. The first-order valence-corrected chi connectivity index (χ1v) is 9.07. The molecule has 1 amide bonds. The van der Waals surface area contributed by atoms with E-state index in [0.717, 1.165) is 11.0 Å². The predicted molar refractivity (Wildman–Crippen MR) is 95.8 cm³/mol. The molecule has 0 unspecified atom stereocenters. The summed E-state index contributed by atoms with van der Waals surface area (Å²) < 4.78 is 7.81. The maximum absolute atomic E-state index is 12.9. The molecule has 2 aliphatic heterocycles. The van der Waals surface area contributed by atoms with Crippen LogP contribution in [0.3, 0.4) is 0 Å². The van der Waals surface area contributed by atoms with Gasteiger partial charge in [0.15, 0.2) is 0 Å². The lowest BCUT2D eigenvalue weighted by atomic mass is 9.75. The van der Waals surface area contributed by atoms with Crippen LogP contribution in [0.25, 0.3) is 11.0 Å². The van der Waals surface area contributed by atoms with Gasteiger partial charge in [0.1, 0.15) is 11.7 Å². The molecule has 2 fully saturated rings. The minimum atomic E-state index is -1.14. The Morgan fingerprint density at radius 3 is 2.77 bits per heavy atom. The van der Waals surface area contributed by atoms with Gasteiger partial charge in [-0.25, -0.2) is 4.98 Å². The molecule has 2 aliphatic rings. The third kappa shape index (κ3) is 2.71. The molecule has 7 heteroatoms. The number of benzene rings is 1. The van der Waals surface area contributed by atoms with Crippen LogP contribution in [-0.2, 0) is 11.8 Å². The van der Waals surface area contributed by atoms with Crippen LogP contribution in [0.5, 0.6) is 0 Å². The second kappa shape index (κ2) is 6.04. The van der Waals surface area contributed by atoms with E-state index in [1.54, 1.807) is 18.2 Å². The predicted octanol–water partition coefficient (Wildman–Crippen LogP) is 1.08. The number of likely N-dealkylation sites (tertiary alicyclic amines) is 1. The first kappa shape index (κ1) is 17.5. The van der Waals surface area contributed by atoms with Crippen molar-refractivity contribution in [3.8, 4) is 0 Å². The fraction of sp³-hybridized carbons (Fsp3) is 0.579. The van der Waals surface area contributed by atoms with Crippen molar-refractivity contribution in [2.75, 3.05) is 19.7 Å². The van der Waals surface area contributed by atoms with E-state index in [9.17, 15) is 15.0 Å². The molecule has 0 radical (unpaired) electrons. The van der Waals surface area contributed by atoms with Crippen LogP contribution in [0, 0.1) is 0 Å². The lowest BCUT2D eigenvalue weighted by molar-refractivity contribution is -0.244. The quantitative estimate of drug-likeness (QED) is 0.796. The average Bonchev–Trinajstić information content (AvgIpc) is 3.00. The highest BCUT2D eigenvalue weighted by Gasteiger charge is 2.52. The first-order chi connectivity index (χ1) is 12.3. The summed E-state index contributed by atoms with van der Waals surface area (Å²) in [6, 6.07) is 5.55. The third-order valence-corrected chi connectivity index (χ3v) is 5.95. The number of amides is 1. The third-order valence-electron chi connectivity index (χ3n) is 5.95. The minimum Gasteiger partial charge on any atom is -0.387 e. The summed E-state index contributed by atoms with van der Waals surface area (Å²) in [4.78, 5) is 19.0. The van der Waals surface area contributed by atoms with Crippen molar-refractivity contribution in [2.24, 2.45) is 7.05 Å². The number of aromatic nitrogens is 2. The Morgan fingerprint density at radius 1 is 1.31 bits per heavy atom. The molecule has 2 aromatic rings. The standard InChI is InChI=1S/C19H25N3O4/c1-18(25)7-10-26-19(17(18)24)5-8-22(9-6-19)16(23)13-3-4-15-14(11-13)20-12-21(15)2/h3-4,11-12,17,24-25H,5-10H2,1-2H3/t17-,18+/m0/s1. The van der Waals surface area contributed by atoms with Crippen LogP contribution in [-0.4, -0.2) is 67.6 Å². The zero-order valence-electron chi connectivity index (χ0n) is 15.2. The normalized spacial score (nSPS) is 28.6. The van der Waals surface area contributed by atoms with Crippen LogP contribution < -0.4 is 0 Å². The van der Waals surface area contributed by atoms with E-state index in [1.165, 1.54) is 0 Å². The monoisotopic (exact) mass is 359 g/mol. The lowest BCUT2D eigenvalue weighted by Gasteiger charge is -2.51. The van der Waals surface area contributed by atoms with Gasteiger partial charge in [-0.1, -0.05) is 0 Å². The second-order valence-electron chi connectivity index (χ2n) is 7.77. The summed E-state index contributed by atoms with van der Waals surface area (Å²) in [5.41, 5.74) is 0.496. The molecule has 0 aliphatic carbocycles. The molecule has 1 aromatic heterocycles. The van der Waals surface area contributed by atoms with E-state index in [2.05, 4.69) is 4.98 Å². The van der Waals surface area contributed by atoms with Crippen LogP contribution in [0.1, 0.15) is 36.5 Å². The molecule has 26 heavy (non-hydrogen) atoms. The summed E-state index contributed by atoms with van der Waals surface area (Å²) in [6.07, 6.45) is 2.25. The van der Waals surface area contributed by atoms with Crippen molar-refractivity contribution >= 4 is 16.9 Å². The van der Waals surface area contributed by atoms with Gasteiger partial charge in [-0.15, -0.1) is 0 Å². The SMILES string of the molecule is Cn1cnc2cc(C(=O)N3CCC4(CC3)OCC[C@@](C)(O)[C@@H]4O)ccc21. The van der Waals surface area contributed by atoms with Crippen molar-refractivity contribution in [3.63, 3.8) is 0 Å². The number of hydrogen-bond donors (Lipinski definition) is 2. The number of carbonyl (C=O) groups excluding carboxylic acids is 1. The Balaban J connectivity index is 1.49. The number of nitrogens with zero attached hydrogens (tertiary/aromatic N) is 3. The number of carbonyl (C=O) groups is 1. The Labute approximate surface area is 152 Å². The van der Waals surface area contributed by atoms with Crippen LogP contribution in [0.2, 0.25) is 0 Å². The number of aliphatic hydroxyl groups is 2. The van der Waals surface area contributed by atoms with Gasteiger partial charge in [0.05, 0.1) is 29.6 Å². The number of aliphatic hydroxyl groups excluding tert-OH is 1. The summed E-state index contributed by atoms with van der Waals surface area (Å²) in [6.45, 7) is 3.06. The minimum absolute atomic E-state index is 0.0375. The molecular weight excluding hydrogens is 334 g/mol. The topological polar surface area (TPSA) is 87.8 Å². The van der Waals surface area contributed by atoms with Gasteiger partial charge in [-0.05, 0) is 38.0 Å². The fourth-order valence-corrected chi connectivity index (χ4v) is 4.20. The largest absolute Gasteiger partial charge is 0.387 e. The number of hydrogen-bond acceptors (Lipinski definition) is 5. The second-order valence-corrected chi connectivity index (χ2v) is 7.77. The summed E-state index contributed by atoms with van der Waals surface area (Å²) in [5, 5.41) is 21.0. The molecule has 2 N–H and O–H groups in total. The van der Waals surface area contributed by atoms with E-state index in [1.807, 2.05) is 29.8 Å². The molecule has 0 bridgehead atoms. The summed E-state index contributed by atoms with van der Waals surface area (Å²) >= 11 is 0. The van der Waals surface area contributed by atoms with Gasteiger partial charge in [0.25, 0.3) is 5.91 Å². The fourth-order valence-electron chi connectivity index (χ4n) is 4.20. The molecule has 0 saturated carbocycles. The Bertz CT molecular complexity index is 836. The van der Waals surface area contributed by atoms with Gasteiger partial charge in [-0.3, -0.25) is 4.79 Å². The van der Waals surface area contributed by atoms with Crippen LogP contribution in [0.15, 0.2) is 24.5 Å². The van der Waals surface area contributed by atoms with E-state index < -0.39 is 17.3 Å². The van der Waals surface area contributed by atoms with Crippen molar-refractivity contribution in [1.82, 2.24) is 14.5 Å². The highest BCUT2D eigenvalue weighted by molar-refractivity contribution is 5.97.